The first-order valence-electron chi connectivity index (χ1n) is 3.58. The molecule has 8 heteroatoms. The van der Waals surface area contributed by atoms with E-state index in [1.54, 1.807) is 0 Å². The second kappa shape index (κ2) is 3.07. The third-order valence-electron chi connectivity index (χ3n) is 1.57. The molecule has 0 saturated carbocycles. The fraction of sp³-hybridized carbons (Fsp3) is 0. The Bertz CT molecular complexity index is 605. The summed E-state index contributed by atoms with van der Waals surface area (Å²) in [4.78, 5) is 17.3. The number of nitrogens with two attached hydrogens (primary N) is 1. The SMILES string of the molecule is C=N/N=c1\ncc2sc(=O)[nH]c2n1N. The Morgan fingerprint density at radius 3 is 3.21 bits per heavy atom. The van der Waals surface area contributed by atoms with Gasteiger partial charge in [-0.15, -0.1) is 5.10 Å². The predicted molar refractivity (Wildman–Crippen MR) is 53.5 cm³/mol. The number of nitrogens with one attached hydrogen (secondary N) is 1. The van der Waals surface area contributed by atoms with E-state index in [1.165, 1.54) is 6.20 Å². The maximum atomic E-state index is 11.0. The largest absolute Gasteiger partial charge is 0.335 e. The number of hydrogen-bond acceptors (Lipinski definition) is 6. The van der Waals surface area contributed by atoms with Gasteiger partial charge in [0.1, 0.15) is 0 Å². The van der Waals surface area contributed by atoms with Crippen LogP contribution >= 0.6 is 11.3 Å². The van der Waals surface area contributed by atoms with Crippen LogP contribution in [0.3, 0.4) is 0 Å². The molecule has 0 spiro atoms. The highest BCUT2D eigenvalue weighted by atomic mass is 32.1. The molecule has 0 amide bonds. The zero-order valence-corrected chi connectivity index (χ0v) is 7.78. The Hall–Kier alpha value is -1.96. The van der Waals surface area contributed by atoms with E-state index in [4.69, 9.17) is 5.84 Å². The second-order valence-corrected chi connectivity index (χ2v) is 3.41. The monoisotopic (exact) mass is 210 g/mol. The zero-order valence-electron chi connectivity index (χ0n) is 6.97. The average molecular weight is 210 g/mol. The minimum Gasteiger partial charge on any atom is -0.335 e. The Balaban J connectivity index is 2.94. The molecular weight excluding hydrogens is 204 g/mol. The summed E-state index contributed by atoms with van der Waals surface area (Å²) in [7, 11) is 0. The van der Waals surface area contributed by atoms with Crippen molar-refractivity contribution in [3.63, 3.8) is 0 Å². The van der Waals surface area contributed by atoms with Crippen LogP contribution < -0.4 is 16.3 Å². The molecule has 0 saturated heterocycles. The summed E-state index contributed by atoms with van der Waals surface area (Å²) in [6.07, 6.45) is 1.51. The van der Waals surface area contributed by atoms with E-state index in [2.05, 4.69) is 26.9 Å². The van der Waals surface area contributed by atoms with Crippen LogP contribution in [0.2, 0.25) is 0 Å². The molecule has 0 unspecified atom stereocenters. The van der Waals surface area contributed by atoms with Gasteiger partial charge in [-0.1, -0.05) is 11.3 Å². The summed E-state index contributed by atoms with van der Waals surface area (Å²) in [5.41, 5.74) is 0.652. The number of hydrogen-bond donors (Lipinski definition) is 2. The van der Waals surface area contributed by atoms with Gasteiger partial charge in [0.05, 0.1) is 10.9 Å². The van der Waals surface area contributed by atoms with Crippen molar-refractivity contribution in [3.8, 4) is 0 Å². The van der Waals surface area contributed by atoms with Gasteiger partial charge < -0.3 is 5.84 Å². The zero-order chi connectivity index (χ0) is 10.1. The van der Waals surface area contributed by atoms with Crippen molar-refractivity contribution < 1.29 is 0 Å². The minimum atomic E-state index is -0.190. The van der Waals surface area contributed by atoms with Gasteiger partial charge in [-0.2, -0.15) is 5.10 Å². The quantitative estimate of drug-likeness (QED) is 0.359. The number of fused-ring (bicyclic) bond motifs is 1. The molecule has 14 heavy (non-hydrogen) atoms. The topological polar surface area (TPSA) is 101 Å². The smallest absolute Gasteiger partial charge is 0.306 e. The van der Waals surface area contributed by atoms with E-state index >= 15 is 0 Å². The lowest BCUT2D eigenvalue weighted by Gasteiger charge is -1.97. The molecule has 2 aromatic rings. The number of aromatic amines is 1. The molecule has 0 aliphatic rings. The van der Waals surface area contributed by atoms with Gasteiger partial charge in [-0.05, 0) is 0 Å². The van der Waals surface area contributed by atoms with Crippen molar-refractivity contribution in [1.82, 2.24) is 14.6 Å². The molecule has 0 aliphatic heterocycles. The highest BCUT2D eigenvalue weighted by molar-refractivity contribution is 7.16. The van der Waals surface area contributed by atoms with E-state index < -0.39 is 0 Å². The molecule has 0 bridgehead atoms. The first-order chi connectivity index (χ1) is 6.72. The van der Waals surface area contributed by atoms with Gasteiger partial charge in [-0.25, -0.2) is 9.66 Å². The first kappa shape index (κ1) is 8.63. The molecule has 3 N–H and O–H groups in total. The molecule has 0 fully saturated rings. The lowest BCUT2D eigenvalue weighted by atomic mass is 10.6. The summed E-state index contributed by atoms with van der Waals surface area (Å²) < 4.78 is 1.82. The van der Waals surface area contributed by atoms with Crippen molar-refractivity contribution in [2.75, 3.05) is 5.84 Å². The third-order valence-corrected chi connectivity index (χ3v) is 2.38. The van der Waals surface area contributed by atoms with Crippen molar-refractivity contribution >= 4 is 28.4 Å². The van der Waals surface area contributed by atoms with E-state index in [0.717, 1.165) is 16.0 Å². The molecule has 0 atom stereocenters. The van der Waals surface area contributed by atoms with Crippen LogP contribution in [0.15, 0.2) is 21.2 Å². The van der Waals surface area contributed by atoms with Crippen LogP contribution in [0.1, 0.15) is 0 Å². The van der Waals surface area contributed by atoms with E-state index in [0.29, 0.717) is 10.3 Å². The Kier molecular flexibility index (Phi) is 1.89. The van der Waals surface area contributed by atoms with Crippen LogP contribution in [0.4, 0.5) is 0 Å². The van der Waals surface area contributed by atoms with E-state index in [9.17, 15) is 4.79 Å². The number of aromatic nitrogens is 3. The van der Waals surface area contributed by atoms with Crippen LogP contribution in [-0.4, -0.2) is 21.4 Å². The Labute approximate surface area is 81.2 Å². The number of thiazole rings is 1. The fourth-order valence-electron chi connectivity index (χ4n) is 1.01. The summed E-state index contributed by atoms with van der Waals surface area (Å²) >= 11 is 1.03. The first-order valence-corrected chi connectivity index (χ1v) is 4.39. The molecule has 0 aromatic carbocycles. The van der Waals surface area contributed by atoms with Gasteiger partial charge >= 0.3 is 4.87 Å². The molecule has 7 nitrogen and oxygen atoms in total. The fourth-order valence-corrected chi connectivity index (χ4v) is 1.71. The van der Waals surface area contributed by atoms with E-state index in [1.807, 2.05) is 0 Å². The maximum absolute atomic E-state index is 11.0. The van der Waals surface area contributed by atoms with Crippen LogP contribution in [-0.2, 0) is 0 Å². The van der Waals surface area contributed by atoms with Crippen molar-refractivity contribution in [1.29, 1.82) is 0 Å². The van der Waals surface area contributed by atoms with Crippen molar-refractivity contribution in [2.45, 2.75) is 0 Å². The normalized spacial score (nSPS) is 12.1. The molecule has 0 aliphatic carbocycles. The third kappa shape index (κ3) is 1.21. The van der Waals surface area contributed by atoms with Crippen molar-refractivity contribution in [3.05, 3.63) is 21.5 Å². The molecule has 72 valence electrons. The van der Waals surface area contributed by atoms with Gasteiger partial charge in [-0.3, -0.25) is 9.78 Å². The highest BCUT2D eigenvalue weighted by Gasteiger charge is 2.03. The molecule has 2 rings (SSSR count). The number of nitrogens with zero attached hydrogens (tertiary/aromatic N) is 4. The summed E-state index contributed by atoms with van der Waals surface area (Å²) in [5.74, 6) is 5.63. The van der Waals surface area contributed by atoms with Crippen LogP contribution in [0.25, 0.3) is 10.3 Å². The number of nitrogen functional groups attached to an aromatic ring is 1. The number of rotatable bonds is 1. The van der Waals surface area contributed by atoms with Gasteiger partial charge in [0, 0.05) is 6.72 Å². The molecule has 2 heterocycles. The molecule has 2 aromatic heterocycles. The predicted octanol–water partition coefficient (Wildman–Crippen LogP) is -0.984. The standard InChI is InChI=1S/C6H6N6OS/c1-8-11-5-9-2-3-4(12(5)7)10-6(13)14-3/h2H,1,7H2,(H,10,13)/b11-5+. The molecule has 0 radical (unpaired) electrons. The summed E-state index contributed by atoms with van der Waals surface area (Å²) in [5, 5.41) is 6.89. The van der Waals surface area contributed by atoms with Gasteiger partial charge in [0.2, 0.25) is 0 Å². The Morgan fingerprint density at radius 2 is 2.50 bits per heavy atom. The summed E-state index contributed by atoms with van der Waals surface area (Å²) in [6.45, 7) is 3.19. The highest BCUT2D eigenvalue weighted by Crippen LogP contribution is 2.07. The van der Waals surface area contributed by atoms with Crippen molar-refractivity contribution in [2.24, 2.45) is 10.2 Å². The lowest BCUT2D eigenvalue weighted by molar-refractivity contribution is 0.838. The maximum Gasteiger partial charge on any atom is 0.306 e. The Morgan fingerprint density at radius 1 is 1.71 bits per heavy atom. The van der Waals surface area contributed by atoms with Crippen LogP contribution in [0, 0.1) is 0 Å². The minimum absolute atomic E-state index is 0.182. The second-order valence-electron chi connectivity index (χ2n) is 2.40. The number of H-pyrrole nitrogens is 1. The lowest BCUT2D eigenvalue weighted by Crippen LogP contribution is -2.30. The van der Waals surface area contributed by atoms with Gasteiger partial charge in [0.25, 0.3) is 5.62 Å². The van der Waals surface area contributed by atoms with Gasteiger partial charge in [0.15, 0.2) is 5.65 Å². The average Bonchev–Trinajstić information content (AvgIpc) is 2.52. The van der Waals surface area contributed by atoms with Crippen LogP contribution in [0.5, 0.6) is 0 Å². The summed E-state index contributed by atoms with van der Waals surface area (Å²) in [6, 6.07) is 0. The molecular formula is C6H6N6OS. The van der Waals surface area contributed by atoms with E-state index in [-0.39, 0.29) is 10.5 Å².